The topological polar surface area (TPSA) is 131 Å². The highest BCUT2D eigenvalue weighted by molar-refractivity contribution is 6.27. The Hall–Kier alpha value is -4.53. The predicted molar refractivity (Wildman–Crippen MR) is 114 cm³/mol. The molecule has 3 aromatic rings. The van der Waals surface area contributed by atoms with Gasteiger partial charge in [0.05, 0.1) is 0 Å². The SMILES string of the molecule is O=C(COc1ccccc1-c1ccccc1)Nc1ccc2c(c1)OCO2.O=C(O)C(=O)O. The van der Waals surface area contributed by atoms with Crippen LogP contribution in [-0.4, -0.2) is 41.5 Å². The molecule has 0 atom stereocenters. The molecular formula is C23H19NO8. The number of fused-ring (bicyclic) bond motifs is 1. The lowest BCUT2D eigenvalue weighted by molar-refractivity contribution is -0.159. The number of carboxylic acids is 2. The number of nitrogens with one attached hydrogen (secondary N) is 1. The van der Waals surface area contributed by atoms with Crippen molar-refractivity contribution in [1.29, 1.82) is 0 Å². The molecule has 0 unspecified atom stereocenters. The third-order valence-electron chi connectivity index (χ3n) is 4.17. The second-order valence-corrected chi connectivity index (χ2v) is 6.38. The van der Waals surface area contributed by atoms with Crippen molar-refractivity contribution in [2.24, 2.45) is 0 Å². The third-order valence-corrected chi connectivity index (χ3v) is 4.17. The maximum Gasteiger partial charge on any atom is 0.414 e. The van der Waals surface area contributed by atoms with Crippen molar-refractivity contribution in [2.75, 3.05) is 18.7 Å². The van der Waals surface area contributed by atoms with E-state index in [-0.39, 0.29) is 19.3 Å². The zero-order valence-corrected chi connectivity index (χ0v) is 16.7. The third kappa shape index (κ3) is 5.99. The van der Waals surface area contributed by atoms with Gasteiger partial charge in [-0.2, -0.15) is 0 Å². The Morgan fingerprint density at radius 1 is 0.844 bits per heavy atom. The molecule has 3 aromatic carbocycles. The monoisotopic (exact) mass is 437 g/mol. The average Bonchev–Trinajstić information content (AvgIpc) is 3.27. The Bertz CT molecular complexity index is 1100. The second-order valence-electron chi connectivity index (χ2n) is 6.38. The van der Waals surface area contributed by atoms with E-state index >= 15 is 0 Å². The first-order chi connectivity index (χ1) is 15.4. The number of carbonyl (C=O) groups is 3. The molecule has 4 rings (SSSR count). The van der Waals surface area contributed by atoms with E-state index in [1.54, 1.807) is 18.2 Å². The zero-order chi connectivity index (χ0) is 22.9. The van der Waals surface area contributed by atoms with E-state index in [1.807, 2.05) is 54.6 Å². The maximum absolute atomic E-state index is 12.2. The number of hydrogen-bond donors (Lipinski definition) is 3. The summed E-state index contributed by atoms with van der Waals surface area (Å²) in [7, 11) is 0. The summed E-state index contributed by atoms with van der Waals surface area (Å²) in [6, 6.07) is 22.9. The molecular weight excluding hydrogens is 418 g/mol. The lowest BCUT2D eigenvalue weighted by Crippen LogP contribution is -2.20. The first-order valence-corrected chi connectivity index (χ1v) is 9.37. The second kappa shape index (κ2) is 10.5. The Labute approximate surface area is 182 Å². The molecule has 1 amide bonds. The summed E-state index contributed by atoms with van der Waals surface area (Å²) in [5.74, 6) is -1.93. The molecule has 9 heteroatoms. The minimum atomic E-state index is -1.82. The van der Waals surface area contributed by atoms with Crippen LogP contribution in [0.25, 0.3) is 11.1 Å². The molecule has 3 N–H and O–H groups in total. The molecule has 0 saturated heterocycles. The van der Waals surface area contributed by atoms with Gasteiger partial charge in [-0.1, -0.05) is 48.5 Å². The minimum absolute atomic E-state index is 0.0850. The number of carboxylic acid groups (broad SMARTS) is 2. The summed E-state index contributed by atoms with van der Waals surface area (Å²) in [6.45, 7) is 0.115. The molecule has 0 spiro atoms. The summed E-state index contributed by atoms with van der Waals surface area (Å²) in [5, 5.41) is 17.6. The molecule has 32 heavy (non-hydrogen) atoms. The molecule has 1 aliphatic heterocycles. The quantitative estimate of drug-likeness (QED) is 0.519. The van der Waals surface area contributed by atoms with E-state index in [0.29, 0.717) is 22.9 Å². The van der Waals surface area contributed by atoms with Gasteiger partial charge in [0.25, 0.3) is 5.91 Å². The molecule has 164 valence electrons. The molecule has 0 saturated carbocycles. The van der Waals surface area contributed by atoms with Crippen molar-refractivity contribution in [1.82, 2.24) is 0 Å². The maximum atomic E-state index is 12.2. The molecule has 9 nitrogen and oxygen atoms in total. The number of anilines is 1. The fourth-order valence-electron chi connectivity index (χ4n) is 2.76. The van der Waals surface area contributed by atoms with Crippen LogP contribution in [0.1, 0.15) is 0 Å². The fourth-order valence-corrected chi connectivity index (χ4v) is 2.76. The van der Waals surface area contributed by atoms with Crippen LogP contribution in [0.5, 0.6) is 17.2 Å². The molecule has 0 fully saturated rings. The molecule has 1 aliphatic rings. The van der Waals surface area contributed by atoms with Crippen LogP contribution in [-0.2, 0) is 14.4 Å². The largest absolute Gasteiger partial charge is 0.483 e. The summed E-state index contributed by atoms with van der Waals surface area (Å²) in [5.41, 5.74) is 2.63. The van der Waals surface area contributed by atoms with Gasteiger partial charge in [0.1, 0.15) is 5.75 Å². The van der Waals surface area contributed by atoms with Crippen LogP contribution in [0.2, 0.25) is 0 Å². The Balaban J connectivity index is 0.000000427. The van der Waals surface area contributed by atoms with Gasteiger partial charge in [0.2, 0.25) is 6.79 Å². The van der Waals surface area contributed by atoms with Gasteiger partial charge in [-0.05, 0) is 23.8 Å². The number of benzene rings is 3. The van der Waals surface area contributed by atoms with Crippen molar-refractivity contribution in [3.05, 3.63) is 72.8 Å². The Morgan fingerprint density at radius 2 is 1.50 bits per heavy atom. The number of carbonyl (C=O) groups excluding carboxylic acids is 1. The molecule has 1 heterocycles. The van der Waals surface area contributed by atoms with Gasteiger partial charge in [0, 0.05) is 17.3 Å². The molecule has 0 bridgehead atoms. The van der Waals surface area contributed by atoms with E-state index in [2.05, 4.69) is 5.32 Å². The van der Waals surface area contributed by atoms with Gasteiger partial charge in [0.15, 0.2) is 18.1 Å². The van der Waals surface area contributed by atoms with Crippen molar-refractivity contribution < 1.29 is 38.8 Å². The highest BCUT2D eigenvalue weighted by Crippen LogP contribution is 2.34. The predicted octanol–water partition coefficient (Wildman–Crippen LogP) is 3.26. The van der Waals surface area contributed by atoms with Crippen molar-refractivity contribution >= 4 is 23.5 Å². The van der Waals surface area contributed by atoms with E-state index in [9.17, 15) is 4.79 Å². The number of para-hydroxylation sites is 1. The number of ether oxygens (including phenoxy) is 3. The van der Waals surface area contributed by atoms with Gasteiger partial charge >= 0.3 is 11.9 Å². The van der Waals surface area contributed by atoms with E-state index < -0.39 is 11.9 Å². The van der Waals surface area contributed by atoms with Crippen molar-refractivity contribution in [3.63, 3.8) is 0 Å². The number of hydrogen-bond acceptors (Lipinski definition) is 6. The standard InChI is InChI=1S/C21H17NO4.C2H2O4/c23-21(22-16-10-11-19-20(12-16)26-14-25-19)13-24-18-9-5-4-8-17(18)15-6-2-1-3-7-15;3-1(4)2(5)6/h1-12H,13-14H2,(H,22,23);(H,3,4)(H,5,6). The van der Waals surface area contributed by atoms with Crippen molar-refractivity contribution in [2.45, 2.75) is 0 Å². The average molecular weight is 437 g/mol. The van der Waals surface area contributed by atoms with Crippen molar-refractivity contribution in [3.8, 4) is 28.4 Å². The van der Waals surface area contributed by atoms with Crippen LogP contribution in [0.3, 0.4) is 0 Å². The Morgan fingerprint density at radius 3 is 2.22 bits per heavy atom. The molecule has 0 aliphatic carbocycles. The highest BCUT2D eigenvalue weighted by atomic mass is 16.7. The first-order valence-electron chi connectivity index (χ1n) is 9.37. The van der Waals surface area contributed by atoms with Gasteiger partial charge in [-0.15, -0.1) is 0 Å². The highest BCUT2D eigenvalue weighted by Gasteiger charge is 2.14. The normalized spacial score (nSPS) is 11.0. The van der Waals surface area contributed by atoms with E-state index in [4.69, 9.17) is 34.0 Å². The fraction of sp³-hybridized carbons (Fsp3) is 0.0870. The number of rotatable bonds is 5. The molecule has 0 aromatic heterocycles. The number of amides is 1. The molecule has 0 radical (unpaired) electrons. The van der Waals surface area contributed by atoms with Crippen LogP contribution >= 0.6 is 0 Å². The zero-order valence-electron chi connectivity index (χ0n) is 16.7. The summed E-state index contributed by atoms with van der Waals surface area (Å²) < 4.78 is 16.3. The summed E-state index contributed by atoms with van der Waals surface area (Å²) >= 11 is 0. The summed E-state index contributed by atoms with van der Waals surface area (Å²) in [4.78, 5) is 30.4. The van der Waals surface area contributed by atoms with Crippen LogP contribution in [0.4, 0.5) is 5.69 Å². The first kappa shape index (κ1) is 22.2. The summed E-state index contributed by atoms with van der Waals surface area (Å²) in [6.07, 6.45) is 0. The van der Waals surface area contributed by atoms with E-state index in [0.717, 1.165) is 11.1 Å². The van der Waals surface area contributed by atoms with Gasteiger partial charge < -0.3 is 29.7 Å². The lowest BCUT2D eigenvalue weighted by Gasteiger charge is -2.12. The number of aliphatic carboxylic acids is 2. The van der Waals surface area contributed by atoms with Crippen LogP contribution in [0.15, 0.2) is 72.8 Å². The van der Waals surface area contributed by atoms with Gasteiger partial charge in [-0.25, -0.2) is 9.59 Å². The lowest BCUT2D eigenvalue weighted by atomic mass is 10.1. The van der Waals surface area contributed by atoms with Crippen LogP contribution < -0.4 is 19.5 Å². The van der Waals surface area contributed by atoms with Gasteiger partial charge in [-0.3, -0.25) is 4.79 Å². The van der Waals surface area contributed by atoms with E-state index in [1.165, 1.54) is 0 Å². The smallest absolute Gasteiger partial charge is 0.414 e. The van der Waals surface area contributed by atoms with Crippen LogP contribution in [0, 0.1) is 0 Å². The Kier molecular flexibility index (Phi) is 7.26. The minimum Gasteiger partial charge on any atom is -0.483 e.